The van der Waals surface area contributed by atoms with Crippen molar-refractivity contribution in [1.82, 2.24) is 25.4 Å². The molecule has 0 saturated heterocycles. The maximum Gasteiger partial charge on any atom is 0.191 e. The second-order valence-corrected chi connectivity index (χ2v) is 5.91. The van der Waals surface area contributed by atoms with Gasteiger partial charge in [-0.2, -0.15) is 5.10 Å². The summed E-state index contributed by atoms with van der Waals surface area (Å²) in [4.78, 5) is 8.82. The highest BCUT2D eigenvalue weighted by molar-refractivity contribution is 14.0. The van der Waals surface area contributed by atoms with E-state index in [1.807, 2.05) is 7.05 Å². The molecule has 1 heterocycles. The molecule has 1 fully saturated rings. The molecule has 0 spiro atoms. The molecule has 1 aliphatic rings. The minimum Gasteiger partial charge on any atom is -0.357 e. The van der Waals surface area contributed by atoms with Crippen LogP contribution < -0.4 is 10.6 Å². The highest BCUT2D eigenvalue weighted by Gasteiger charge is 2.31. The normalized spacial score (nSPS) is 17.1. The van der Waals surface area contributed by atoms with Gasteiger partial charge in [-0.15, -0.1) is 24.0 Å². The van der Waals surface area contributed by atoms with Gasteiger partial charge in [0.2, 0.25) is 0 Å². The third kappa shape index (κ3) is 5.10. The fourth-order valence-corrected chi connectivity index (χ4v) is 3.01. The number of nitrogens with one attached hydrogen (secondary N) is 2. The number of halogens is 1. The number of aryl methyl sites for hydroxylation is 1. The molecule has 22 heavy (non-hydrogen) atoms. The second kappa shape index (κ2) is 9.32. The zero-order chi connectivity index (χ0) is 15.1. The van der Waals surface area contributed by atoms with Crippen LogP contribution in [-0.2, 0) is 13.6 Å². The number of aliphatic imine (C=N–C) groups is 1. The summed E-state index contributed by atoms with van der Waals surface area (Å²) >= 11 is 0. The lowest BCUT2D eigenvalue weighted by atomic mass is 9.83. The Kier molecular flexibility index (Phi) is 8.13. The van der Waals surface area contributed by atoms with E-state index < -0.39 is 0 Å². The van der Waals surface area contributed by atoms with E-state index in [1.165, 1.54) is 32.1 Å². The zero-order valence-corrected chi connectivity index (χ0v) is 16.3. The van der Waals surface area contributed by atoms with Crippen LogP contribution in [0.3, 0.4) is 0 Å². The van der Waals surface area contributed by atoms with Crippen LogP contribution in [0.25, 0.3) is 0 Å². The van der Waals surface area contributed by atoms with Gasteiger partial charge in [-0.05, 0) is 31.6 Å². The third-order valence-electron chi connectivity index (χ3n) is 4.57. The summed E-state index contributed by atoms with van der Waals surface area (Å²) in [5.41, 5.74) is 0.459. The molecule has 6 nitrogen and oxygen atoms in total. The van der Waals surface area contributed by atoms with Crippen LogP contribution in [-0.4, -0.2) is 33.8 Å². The molecular formula is C15H29IN6. The Hall–Kier alpha value is -0.860. The molecule has 0 bridgehead atoms. The number of hydrogen-bond donors (Lipinski definition) is 2. The van der Waals surface area contributed by atoms with Gasteiger partial charge in [-0.25, -0.2) is 9.98 Å². The SMILES string of the molecule is CCNC(=NCc1ncnn1C)NCC1(CC)CCCC1.I. The van der Waals surface area contributed by atoms with E-state index in [0.717, 1.165) is 24.9 Å². The van der Waals surface area contributed by atoms with E-state index in [0.29, 0.717) is 12.0 Å². The predicted molar refractivity (Wildman–Crippen MR) is 100 cm³/mol. The predicted octanol–water partition coefficient (Wildman–Crippen LogP) is 2.46. The molecule has 0 atom stereocenters. The molecule has 2 rings (SSSR count). The first-order valence-electron chi connectivity index (χ1n) is 8.04. The number of hydrogen-bond acceptors (Lipinski definition) is 3. The molecule has 0 radical (unpaired) electrons. The largest absolute Gasteiger partial charge is 0.357 e. The lowest BCUT2D eigenvalue weighted by molar-refractivity contribution is 0.283. The standard InChI is InChI=1S/C15H28N6.HI/c1-4-15(8-6-7-9-15)11-18-14(16-5-2)17-10-13-19-12-20-21(13)3;/h12H,4-11H2,1-3H3,(H2,16,17,18);1H. The molecule has 2 N–H and O–H groups in total. The monoisotopic (exact) mass is 420 g/mol. The van der Waals surface area contributed by atoms with Crippen molar-refractivity contribution in [2.45, 2.75) is 52.5 Å². The Balaban J connectivity index is 0.00000242. The van der Waals surface area contributed by atoms with E-state index in [-0.39, 0.29) is 24.0 Å². The number of nitrogens with zero attached hydrogens (tertiary/aromatic N) is 4. The summed E-state index contributed by atoms with van der Waals surface area (Å²) in [7, 11) is 1.89. The van der Waals surface area contributed by atoms with Crippen molar-refractivity contribution in [1.29, 1.82) is 0 Å². The van der Waals surface area contributed by atoms with Gasteiger partial charge < -0.3 is 10.6 Å². The minimum absolute atomic E-state index is 0. The quantitative estimate of drug-likeness (QED) is 0.422. The second-order valence-electron chi connectivity index (χ2n) is 5.91. The highest BCUT2D eigenvalue weighted by Crippen LogP contribution is 2.40. The molecule has 7 heteroatoms. The van der Waals surface area contributed by atoms with Gasteiger partial charge in [-0.3, -0.25) is 4.68 Å². The van der Waals surface area contributed by atoms with E-state index in [9.17, 15) is 0 Å². The number of rotatable bonds is 6. The van der Waals surface area contributed by atoms with Gasteiger partial charge in [0.25, 0.3) is 0 Å². The van der Waals surface area contributed by atoms with Gasteiger partial charge in [0.15, 0.2) is 5.96 Å². The van der Waals surface area contributed by atoms with Gasteiger partial charge >= 0.3 is 0 Å². The molecule has 0 amide bonds. The minimum atomic E-state index is 0. The third-order valence-corrected chi connectivity index (χ3v) is 4.57. The van der Waals surface area contributed by atoms with Crippen molar-refractivity contribution >= 4 is 29.9 Å². The zero-order valence-electron chi connectivity index (χ0n) is 13.9. The molecule has 0 aromatic carbocycles. The average molecular weight is 420 g/mol. The van der Waals surface area contributed by atoms with E-state index in [4.69, 9.17) is 0 Å². The molecular weight excluding hydrogens is 391 g/mol. The van der Waals surface area contributed by atoms with Crippen LogP contribution in [0.2, 0.25) is 0 Å². The molecule has 126 valence electrons. The summed E-state index contributed by atoms with van der Waals surface area (Å²) in [6.45, 7) is 6.81. The smallest absolute Gasteiger partial charge is 0.191 e. The van der Waals surface area contributed by atoms with Gasteiger partial charge in [0.05, 0.1) is 0 Å². The van der Waals surface area contributed by atoms with Crippen LogP contribution >= 0.6 is 24.0 Å². The Morgan fingerprint density at radius 1 is 1.32 bits per heavy atom. The fourth-order valence-electron chi connectivity index (χ4n) is 3.01. The van der Waals surface area contributed by atoms with Crippen LogP contribution in [0.1, 0.15) is 51.8 Å². The lowest BCUT2D eigenvalue weighted by Crippen LogP contribution is -2.42. The van der Waals surface area contributed by atoms with Crippen LogP contribution in [0.5, 0.6) is 0 Å². The Bertz CT molecular complexity index is 464. The summed E-state index contributed by atoms with van der Waals surface area (Å²) < 4.78 is 1.76. The maximum atomic E-state index is 4.61. The topological polar surface area (TPSA) is 67.1 Å². The van der Waals surface area contributed by atoms with Crippen molar-refractivity contribution in [2.75, 3.05) is 13.1 Å². The molecule has 0 aliphatic heterocycles. The lowest BCUT2D eigenvalue weighted by Gasteiger charge is -2.28. The van der Waals surface area contributed by atoms with Crippen molar-refractivity contribution in [3.63, 3.8) is 0 Å². The van der Waals surface area contributed by atoms with Crippen molar-refractivity contribution < 1.29 is 0 Å². The van der Waals surface area contributed by atoms with Crippen molar-refractivity contribution in [3.8, 4) is 0 Å². The average Bonchev–Trinajstić information content (AvgIpc) is 3.12. The molecule has 0 unspecified atom stereocenters. The van der Waals surface area contributed by atoms with Crippen LogP contribution in [0.4, 0.5) is 0 Å². The summed E-state index contributed by atoms with van der Waals surface area (Å²) in [6.07, 6.45) is 8.20. The molecule has 1 aromatic heterocycles. The first kappa shape index (κ1) is 19.2. The fraction of sp³-hybridized carbons (Fsp3) is 0.800. The first-order chi connectivity index (χ1) is 10.2. The summed E-state index contributed by atoms with van der Waals surface area (Å²) in [6, 6.07) is 0. The Morgan fingerprint density at radius 3 is 2.59 bits per heavy atom. The van der Waals surface area contributed by atoms with Crippen molar-refractivity contribution in [2.24, 2.45) is 17.5 Å². The number of aromatic nitrogens is 3. The number of guanidine groups is 1. The summed E-state index contributed by atoms with van der Waals surface area (Å²) in [5.74, 6) is 1.75. The molecule has 1 aliphatic carbocycles. The van der Waals surface area contributed by atoms with Gasteiger partial charge in [0.1, 0.15) is 18.7 Å². The van der Waals surface area contributed by atoms with E-state index >= 15 is 0 Å². The van der Waals surface area contributed by atoms with Gasteiger partial charge in [0, 0.05) is 20.1 Å². The molecule has 1 saturated carbocycles. The van der Waals surface area contributed by atoms with Crippen LogP contribution in [0, 0.1) is 5.41 Å². The van der Waals surface area contributed by atoms with E-state index in [1.54, 1.807) is 11.0 Å². The van der Waals surface area contributed by atoms with E-state index in [2.05, 4.69) is 39.6 Å². The Labute approximate surface area is 150 Å². The molecule has 1 aromatic rings. The summed E-state index contributed by atoms with van der Waals surface area (Å²) in [5, 5.41) is 10.9. The van der Waals surface area contributed by atoms with Crippen molar-refractivity contribution in [3.05, 3.63) is 12.2 Å². The van der Waals surface area contributed by atoms with Crippen LogP contribution in [0.15, 0.2) is 11.3 Å². The van der Waals surface area contributed by atoms with Gasteiger partial charge in [-0.1, -0.05) is 19.8 Å². The first-order valence-corrected chi connectivity index (χ1v) is 8.04. The highest BCUT2D eigenvalue weighted by atomic mass is 127. The maximum absolute atomic E-state index is 4.61. The Morgan fingerprint density at radius 2 is 2.05 bits per heavy atom.